The fourth-order valence-electron chi connectivity index (χ4n) is 3.84. The first-order valence-corrected chi connectivity index (χ1v) is 10.2. The summed E-state index contributed by atoms with van der Waals surface area (Å²) < 4.78 is 2.40. The number of hydrogen-bond acceptors (Lipinski definition) is 5. The SMILES string of the molecule is O=C1NC(n2[nH]c(=O)n(-c3ccccc3O)c2=S)=NC1(c1ccccc1)c1ccccc1. The minimum Gasteiger partial charge on any atom is -0.506 e. The van der Waals surface area contributed by atoms with Crippen molar-refractivity contribution in [1.29, 1.82) is 0 Å². The Hall–Kier alpha value is -4.24. The first-order valence-electron chi connectivity index (χ1n) is 9.77. The maximum absolute atomic E-state index is 13.4. The third-order valence-corrected chi connectivity index (χ3v) is 5.70. The molecule has 2 heterocycles. The number of carbonyl (C=O) groups excluding carboxylic acids is 1. The molecule has 1 aliphatic rings. The van der Waals surface area contributed by atoms with Crippen LogP contribution in [0.5, 0.6) is 5.75 Å². The quantitative estimate of drug-likeness (QED) is 0.424. The first kappa shape index (κ1) is 19.7. The maximum Gasteiger partial charge on any atom is 0.347 e. The van der Waals surface area contributed by atoms with Gasteiger partial charge in [0.2, 0.25) is 10.7 Å². The van der Waals surface area contributed by atoms with Crippen LogP contribution in [-0.2, 0) is 10.3 Å². The van der Waals surface area contributed by atoms with E-state index in [9.17, 15) is 14.7 Å². The number of aromatic amines is 1. The van der Waals surface area contributed by atoms with E-state index in [4.69, 9.17) is 17.2 Å². The van der Waals surface area contributed by atoms with Crippen LogP contribution < -0.4 is 11.0 Å². The van der Waals surface area contributed by atoms with Crippen LogP contribution in [0, 0.1) is 4.77 Å². The van der Waals surface area contributed by atoms with Gasteiger partial charge in [0.25, 0.3) is 5.91 Å². The molecule has 0 aliphatic carbocycles. The monoisotopic (exact) mass is 443 g/mol. The Bertz CT molecular complexity index is 1430. The standard InChI is InChI=1S/C23H17N5O3S/c29-18-14-8-7-13-17(18)27-21(31)26-28(22(27)32)20-24-19(30)23(25-20,15-9-3-1-4-10-15)16-11-5-2-6-12-16/h1-14,29H,(H,26,31)(H,24,25,30). The number of para-hydroxylation sites is 2. The number of aliphatic imine (C=N–C) groups is 1. The highest BCUT2D eigenvalue weighted by Gasteiger charge is 2.47. The molecule has 1 amide bonds. The molecule has 3 N–H and O–H groups in total. The zero-order chi connectivity index (χ0) is 22.3. The number of nitrogens with one attached hydrogen (secondary N) is 2. The average Bonchev–Trinajstić information content (AvgIpc) is 3.32. The zero-order valence-electron chi connectivity index (χ0n) is 16.6. The Balaban J connectivity index is 1.72. The number of rotatable bonds is 3. The van der Waals surface area contributed by atoms with Crippen molar-refractivity contribution in [2.24, 2.45) is 4.99 Å². The molecule has 0 radical (unpaired) electrons. The third-order valence-electron chi connectivity index (χ3n) is 5.34. The van der Waals surface area contributed by atoms with Crippen molar-refractivity contribution in [2.45, 2.75) is 5.54 Å². The molecule has 0 saturated carbocycles. The van der Waals surface area contributed by atoms with Gasteiger partial charge >= 0.3 is 5.69 Å². The molecular formula is C23H17N5O3S. The van der Waals surface area contributed by atoms with Crippen molar-refractivity contribution in [3.05, 3.63) is 111 Å². The van der Waals surface area contributed by atoms with Crippen molar-refractivity contribution in [1.82, 2.24) is 19.7 Å². The topological polar surface area (TPSA) is 104 Å². The van der Waals surface area contributed by atoms with Crippen LogP contribution in [0.4, 0.5) is 0 Å². The summed E-state index contributed by atoms with van der Waals surface area (Å²) in [6.45, 7) is 0. The molecule has 0 saturated heterocycles. The lowest BCUT2D eigenvalue weighted by atomic mass is 9.83. The number of aromatic hydroxyl groups is 1. The van der Waals surface area contributed by atoms with Crippen molar-refractivity contribution in [3.8, 4) is 11.4 Å². The van der Waals surface area contributed by atoms with E-state index in [1.54, 1.807) is 18.2 Å². The lowest BCUT2D eigenvalue weighted by Crippen LogP contribution is -2.39. The number of phenolic OH excluding ortho intramolecular Hbond substituents is 1. The Morgan fingerprint density at radius 1 is 0.844 bits per heavy atom. The Kier molecular flexibility index (Phi) is 4.60. The molecule has 5 rings (SSSR count). The molecule has 1 aromatic heterocycles. The molecule has 0 atom stereocenters. The second-order valence-corrected chi connectivity index (χ2v) is 7.56. The van der Waals surface area contributed by atoms with E-state index >= 15 is 0 Å². The molecule has 32 heavy (non-hydrogen) atoms. The molecule has 8 nitrogen and oxygen atoms in total. The lowest BCUT2D eigenvalue weighted by Gasteiger charge is -2.24. The van der Waals surface area contributed by atoms with Crippen LogP contribution >= 0.6 is 12.2 Å². The number of H-pyrrole nitrogens is 1. The number of hydrogen-bond donors (Lipinski definition) is 3. The van der Waals surface area contributed by atoms with Crippen LogP contribution in [0.1, 0.15) is 11.1 Å². The van der Waals surface area contributed by atoms with E-state index in [1.165, 1.54) is 10.7 Å². The van der Waals surface area contributed by atoms with Gasteiger partial charge in [-0.25, -0.2) is 19.5 Å². The summed E-state index contributed by atoms with van der Waals surface area (Å²) in [6, 6.07) is 24.7. The lowest BCUT2D eigenvalue weighted by molar-refractivity contribution is -0.122. The van der Waals surface area contributed by atoms with Gasteiger partial charge in [-0.3, -0.25) is 10.1 Å². The maximum atomic E-state index is 13.4. The van der Waals surface area contributed by atoms with Crippen molar-refractivity contribution >= 4 is 24.1 Å². The first-order chi connectivity index (χ1) is 15.5. The van der Waals surface area contributed by atoms with Gasteiger partial charge < -0.3 is 5.11 Å². The average molecular weight is 443 g/mol. The van der Waals surface area contributed by atoms with Gasteiger partial charge in [0.15, 0.2) is 5.54 Å². The van der Waals surface area contributed by atoms with Gasteiger partial charge in [0.1, 0.15) is 5.75 Å². The fraction of sp³-hybridized carbons (Fsp3) is 0.0435. The molecule has 0 spiro atoms. The predicted molar refractivity (Wildman–Crippen MR) is 122 cm³/mol. The van der Waals surface area contributed by atoms with Crippen LogP contribution in [0.15, 0.2) is 94.7 Å². The summed E-state index contributed by atoms with van der Waals surface area (Å²) in [6.07, 6.45) is 0. The Labute approximate surface area is 187 Å². The molecule has 158 valence electrons. The fourth-order valence-corrected chi connectivity index (χ4v) is 4.16. The largest absolute Gasteiger partial charge is 0.506 e. The van der Waals surface area contributed by atoms with E-state index in [1.807, 2.05) is 60.7 Å². The van der Waals surface area contributed by atoms with E-state index in [2.05, 4.69) is 10.4 Å². The van der Waals surface area contributed by atoms with Crippen LogP contribution in [0.2, 0.25) is 0 Å². The number of phenols is 1. The molecular weight excluding hydrogens is 426 g/mol. The highest BCUT2D eigenvalue weighted by Crippen LogP contribution is 2.37. The summed E-state index contributed by atoms with van der Waals surface area (Å²) in [4.78, 5) is 30.8. The van der Waals surface area contributed by atoms with Gasteiger partial charge in [-0.15, -0.1) is 0 Å². The summed E-state index contributed by atoms with van der Waals surface area (Å²) in [5.41, 5.74) is -0.355. The van der Waals surface area contributed by atoms with Crippen LogP contribution in [0.3, 0.4) is 0 Å². The Morgan fingerprint density at radius 2 is 1.41 bits per heavy atom. The summed E-state index contributed by atoms with van der Waals surface area (Å²) in [5.74, 6) is -0.394. The number of nitrogens with zero attached hydrogens (tertiary/aromatic N) is 3. The third kappa shape index (κ3) is 2.90. The van der Waals surface area contributed by atoms with Gasteiger partial charge in [-0.2, -0.15) is 4.68 Å². The molecule has 3 aromatic carbocycles. The molecule has 0 bridgehead atoms. The minimum atomic E-state index is -1.35. The zero-order valence-corrected chi connectivity index (χ0v) is 17.4. The second-order valence-electron chi connectivity index (χ2n) is 7.19. The highest BCUT2D eigenvalue weighted by molar-refractivity contribution is 7.71. The molecule has 0 unspecified atom stereocenters. The highest BCUT2D eigenvalue weighted by atomic mass is 32.1. The number of amides is 1. The second kappa shape index (κ2) is 7.47. The number of benzene rings is 3. The number of aromatic nitrogens is 3. The minimum absolute atomic E-state index is 0.0208. The van der Waals surface area contributed by atoms with Crippen molar-refractivity contribution in [3.63, 3.8) is 0 Å². The molecule has 4 aromatic rings. The van der Waals surface area contributed by atoms with E-state index in [0.717, 1.165) is 4.57 Å². The molecule has 9 heteroatoms. The smallest absolute Gasteiger partial charge is 0.347 e. The molecule has 1 aliphatic heterocycles. The van der Waals surface area contributed by atoms with Crippen LogP contribution in [0.25, 0.3) is 5.69 Å². The van der Waals surface area contributed by atoms with Gasteiger partial charge in [0.05, 0.1) is 5.69 Å². The predicted octanol–water partition coefficient (Wildman–Crippen LogP) is 2.68. The normalized spacial score (nSPS) is 14.8. The van der Waals surface area contributed by atoms with E-state index < -0.39 is 11.2 Å². The number of carbonyl (C=O) groups is 1. The Morgan fingerprint density at radius 3 is 2.00 bits per heavy atom. The van der Waals surface area contributed by atoms with Gasteiger partial charge in [-0.1, -0.05) is 72.8 Å². The van der Waals surface area contributed by atoms with E-state index in [0.29, 0.717) is 11.1 Å². The van der Waals surface area contributed by atoms with Gasteiger partial charge in [0, 0.05) is 0 Å². The van der Waals surface area contributed by atoms with Crippen LogP contribution in [-0.4, -0.2) is 31.3 Å². The molecule has 0 fully saturated rings. The van der Waals surface area contributed by atoms with Crippen molar-refractivity contribution < 1.29 is 9.90 Å². The van der Waals surface area contributed by atoms with Gasteiger partial charge in [-0.05, 0) is 35.5 Å². The summed E-state index contributed by atoms with van der Waals surface area (Å²) in [5, 5.41) is 15.6. The van der Waals surface area contributed by atoms with Crippen molar-refractivity contribution in [2.75, 3.05) is 0 Å². The van der Waals surface area contributed by atoms with E-state index in [-0.39, 0.29) is 28.1 Å². The summed E-state index contributed by atoms with van der Waals surface area (Å²) >= 11 is 5.49. The summed E-state index contributed by atoms with van der Waals surface area (Å²) in [7, 11) is 0.